The van der Waals surface area contributed by atoms with Gasteiger partial charge in [0.15, 0.2) is 0 Å². The molecule has 0 N–H and O–H groups in total. The number of aromatic nitrogens is 4. The second kappa shape index (κ2) is 13.6. The van der Waals surface area contributed by atoms with Crippen LogP contribution in [0.3, 0.4) is 0 Å². The molecule has 5 heteroatoms. The molecule has 3 heterocycles. The van der Waals surface area contributed by atoms with E-state index in [1.165, 1.54) is 0 Å². The molecule has 0 saturated heterocycles. The van der Waals surface area contributed by atoms with E-state index in [0.717, 1.165) is 44.4 Å². The number of hydrogen-bond acceptors (Lipinski definition) is 2. The number of hydrogen-bond donors (Lipinski definition) is 0. The number of pyridine rings is 1. The van der Waals surface area contributed by atoms with Gasteiger partial charge in [-0.2, -0.15) is 0 Å². The Morgan fingerprint density at radius 2 is 1.23 bits per heavy atom. The molecule has 7 aromatic carbocycles. The number of para-hydroxylation sites is 4. The standard InChI is InChI=1S/C51H38N4O/c1-34-30-35(2)51(52-36(34)3)55-46-25-11-10-22-44(46)45-29-28-41(32-49(45)55)56-40-21-14-20-39(31-40)53-33-54(48-27-13-12-26-47(48)53)50-42(37-16-6-4-7-17-37)23-15-24-43(50)38-18-8-5-9-19-38/h4-32H,1-3H3/i4D,5D,6D,7D,8D,9D,16D,17D,18D,19D. The predicted octanol–water partition coefficient (Wildman–Crippen LogP) is 12.3. The number of benzene rings is 7. The highest BCUT2D eigenvalue weighted by atomic mass is 16.5. The Hall–Kier alpha value is -7.24. The summed E-state index contributed by atoms with van der Waals surface area (Å²) in [6, 6.07) is 30.8. The fraction of sp³-hybridized carbons (Fsp3) is 0.0588. The van der Waals surface area contributed by atoms with Crippen LogP contribution in [0, 0.1) is 27.1 Å². The molecule has 0 saturated carbocycles. The average molecular weight is 733 g/mol. The van der Waals surface area contributed by atoms with E-state index in [-0.39, 0.29) is 27.9 Å². The number of nitrogens with zero attached hydrogens (tertiary/aromatic N) is 4. The van der Waals surface area contributed by atoms with Crippen LogP contribution >= 0.6 is 0 Å². The lowest BCUT2D eigenvalue weighted by molar-refractivity contribution is -0.571. The first-order chi connectivity index (χ1) is 31.7. The Morgan fingerprint density at radius 3 is 1.98 bits per heavy atom. The summed E-state index contributed by atoms with van der Waals surface area (Å²) >= 11 is 0. The number of rotatable bonds is 7. The topological polar surface area (TPSA) is 35.9 Å². The lowest BCUT2D eigenvalue weighted by Gasteiger charge is -2.17. The summed E-state index contributed by atoms with van der Waals surface area (Å²) in [6.07, 6.45) is 3.43. The van der Waals surface area contributed by atoms with Crippen molar-refractivity contribution in [1.82, 2.24) is 14.1 Å². The van der Waals surface area contributed by atoms with Crippen molar-refractivity contribution >= 4 is 32.8 Å². The van der Waals surface area contributed by atoms with Crippen LogP contribution < -0.4 is 9.30 Å². The molecule has 0 amide bonds. The average Bonchev–Trinajstić information content (AvgIpc) is 3.86. The molecule has 0 aliphatic carbocycles. The first-order valence-electron chi connectivity index (χ1n) is 23.2. The van der Waals surface area contributed by atoms with Gasteiger partial charge >= 0.3 is 0 Å². The number of aryl methyl sites for hydroxylation is 3. The summed E-state index contributed by atoms with van der Waals surface area (Å²) < 4.78 is 98.9. The maximum atomic E-state index is 8.99. The van der Waals surface area contributed by atoms with Crippen LogP contribution in [-0.4, -0.2) is 14.1 Å². The van der Waals surface area contributed by atoms with Crippen molar-refractivity contribution in [2.24, 2.45) is 0 Å². The molecule has 3 aromatic heterocycles. The quantitative estimate of drug-likeness (QED) is 0.121. The maximum Gasteiger partial charge on any atom is 0.269 e. The molecule has 0 bridgehead atoms. The summed E-state index contributed by atoms with van der Waals surface area (Å²) in [4.78, 5) is 5.04. The molecule has 10 rings (SSSR count). The second-order valence-corrected chi connectivity index (χ2v) is 13.6. The molecular weight excluding hydrogens is 685 g/mol. The van der Waals surface area contributed by atoms with Crippen molar-refractivity contribution in [2.75, 3.05) is 0 Å². The minimum absolute atomic E-state index is 0.127. The van der Waals surface area contributed by atoms with Crippen LogP contribution in [-0.2, 0) is 0 Å². The molecule has 0 fully saturated rings. The molecule has 0 aliphatic rings. The van der Waals surface area contributed by atoms with Crippen molar-refractivity contribution in [3.63, 3.8) is 0 Å². The largest absolute Gasteiger partial charge is 0.458 e. The zero-order valence-electron chi connectivity index (χ0n) is 40.7. The van der Waals surface area contributed by atoms with Crippen molar-refractivity contribution in [3.05, 3.63) is 199 Å². The predicted molar refractivity (Wildman–Crippen MR) is 227 cm³/mol. The van der Waals surface area contributed by atoms with Crippen LogP contribution in [0.15, 0.2) is 176 Å². The van der Waals surface area contributed by atoms with Crippen LogP contribution in [0.4, 0.5) is 0 Å². The van der Waals surface area contributed by atoms with E-state index in [4.69, 9.17) is 23.4 Å². The van der Waals surface area contributed by atoms with Crippen molar-refractivity contribution in [1.29, 1.82) is 0 Å². The zero-order valence-corrected chi connectivity index (χ0v) is 30.7. The summed E-state index contributed by atoms with van der Waals surface area (Å²) in [5.74, 6) is 1.96. The summed E-state index contributed by atoms with van der Waals surface area (Å²) in [7, 11) is 0. The Morgan fingerprint density at radius 1 is 0.589 bits per heavy atom. The molecule has 0 atom stereocenters. The highest BCUT2D eigenvalue weighted by Gasteiger charge is 2.20. The first-order valence-corrected chi connectivity index (χ1v) is 18.2. The molecule has 10 aromatic rings. The van der Waals surface area contributed by atoms with Gasteiger partial charge in [-0.05, 0) is 90.6 Å². The van der Waals surface area contributed by atoms with E-state index in [2.05, 4.69) is 49.0 Å². The zero-order chi connectivity index (χ0) is 46.5. The Balaban J connectivity index is 1.16. The van der Waals surface area contributed by atoms with E-state index in [1.807, 2.05) is 79.7 Å². The highest BCUT2D eigenvalue weighted by molar-refractivity contribution is 6.09. The lowest BCUT2D eigenvalue weighted by atomic mass is 9.95. The maximum absolute atomic E-state index is 8.99. The van der Waals surface area contributed by atoms with Gasteiger partial charge in [0.2, 0.25) is 0 Å². The second-order valence-electron chi connectivity index (χ2n) is 13.6. The minimum Gasteiger partial charge on any atom is -0.458 e. The molecule has 0 unspecified atom stereocenters. The number of imidazole rings is 1. The fourth-order valence-corrected chi connectivity index (χ4v) is 7.49. The number of ether oxygens (including phenoxy) is 1. The van der Waals surface area contributed by atoms with Gasteiger partial charge in [-0.25, -0.2) is 4.98 Å². The molecule has 0 aliphatic heterocycles. The van der Waals surface area contributed by atoms with Crippen molar-refractivity contribution < 1.29 is 23.0 Å². The third-order valence-corrected chi connectivity index (χ3v) is 10.2. The molecule has 268 valence electrons. The number of fused-ring (bicyclic) bond motifs is 4. The summed E-state index contributed by atoms with van der Waals surface area (Å²) in [5, 5.41) is 2.14. The van der Waals surface area contributed by atoms with Gasteiger partial charge in [0.25, 0.3) is 6.33 Å². The molecule has 5 nitrogen and oxygen atoms in total. The van der Waals surface area contributed by atoms with Gasteiger partial charge < -0.3 is 4.74 Å². The van der Waals surface area contributed by atoms with E-state index in [0.29, 0.717) is 28.2 Å². The van der Waals surface area contributed by atoms with E-state index >= 15 is 0 Å². The smallest absolute Gasteiger partial charge is 0.269 e. The van der Waals surface area contributed by atoms with E-state index in [9.17, 15) is 0 Å². The summed E-state index contributed by atoms with van der Waals surface area (Å²) in [5.41, 5.74) is 7.18. The third-order valence-electron chi connectivity index (χ3n) is 10.2. The van der Waals surface area contributed by atoms with Crippen LogP contribution in [0.2, 0.25) is 0 Å². The highest BCUT2D eigenvalue weighted by Crippen LogP contribution is 2.37. The SMILES string of the molecule is [2H]c1c([2H])c([2H])c(-c2cccc(-c3c([2H])c([2H])c([2H])c([2H])c3[2H])c2-[n+]2[c-]n(-c3cccc(Oc4ccc5c6ccccc6n(-c6nc(C)c(C)cc6C)c5c4)c3)c3ccccc32)c([2H])c1[2H]. The van der Waals surface area contributed by atoms with Crippen LogP contribution in [0.25, 0.3) is 72.3 Å². The van der Waals surface area contributed by atoms with Gasteiger partial charge in [0, 0.05) is 22.5 Å². The third kappa shape index (κ3) is 5.64. The Kier molecular flexibility index (Phi) is 5.87. The van der Waals surface area contributed by atoms with E-state index in [1.54, 1.807) is 27.3 Å². The molecule has 0 radical (unpaired) electrons. The van der Waals surface area contributed by atoms with Gasteiger partial charge in [-0.15, -0.1) is 0 Å². The van der Waals surface area contributed by atoms with Gasteiger partial charge in [0.1, 0.15) is 17.3 Å². The van der Waals surface area contributed by atoms with Crippen LogP contribution in [0.5, 0.6) is 11.5 Å². The minimum atomic E-state index is -0.564. The molecular formula is C51H38N4O. The molecule has 56 heavy (non-hydrogen) atoms. The van der Waals surface area contributed by atoms with Gasteiger partial charge in [0.05, 0.1) is 47.1 Å². The van der Waals surface area contributed by atoms with E-state index < -0.39 is 60.4 Å². The van der Waals surface area contributed by atoms with Crippen molar-refractivity contribution in [2.45, 2.75) is 20.8 Å². The lowest BCUT2D eigenvalue weighted by Crippen LogP contribution is -2.31. The molecule has 0 spiro atoms. The first kappa shape index (κ1) is 24.2. The van der Waals surface area contributed by atoms with Gasteiger partial charge in [-0.1, -0.05) is 133 Å². The monoisotopic (exact) mass is 732 g/mol. The van der Waals surface area contributed by atoms with Crippen LogP contribution in [0.1, 0.15) is 30.5 Å². The van der Waals surface area contributed by atoms with Gasteiger partial charge in [-0.3, -0.25) is 13.7 Å². The Labute approximate surface area is 340 Å². The normalized spacial score (nSPS) is 14.0. The summed E-state index contributed by atoms with van der Waals surface area (Å²) in [6.45, 7) is 6.14. The Bertz CT molecular complexity index is 3550. The fourth-order valence-electron chi connectivity index (χ4n) is 7.49. The van der Waals surface area contributed by atoms with Crippen molar-refractivity contribution in [3.8, 4) is 50.9 Å².